The molecule has 1 amide bonds. The van der Waals surface area contributed by atoms with Crippen molar-refractivity contribution in [2.45, 2.75) is 45.0 Å². The standard InChI is InChI=1S/C24H27F3N2O2/c1-17-21(18-6-4-7-20(16-18)31-24(25,26)27)8-5-9-22(17)23(30)29-14-10-19(11-15-29)28-12-2-3-13-28/h4-9,16,19H,2-3,10-15H2,1H3. The molecule has 166 valence electrons. The van der Waals surface area contributed by atoms with E-state index in [4.69, 9.17) is 0 Å². The molecule has 0 aliphatic carbocycles. The zero-order valence-electron chi connectivity index (χ0n) is 17.6. The Balaban J connectivity index is 1.50. The minimum atomic E-state index is -4.74. The van der Waals surface area contributed by atoms with Gasteiger partial charge in [-0.25, -0.2) is 0 Å². The first-order chi connectivity index (χ1) is 14.8. The minimum Gasteiger partial charge on any atom is -0.406 e. The first-order valence-electron chi connectivity index (χ1n) is 10.8. The van der Waals surface area contributed by atoms with E-state index < -0.39 is 6.36 Å². The molecule has 2 saturated heterocycles. The van der Waals surface area contributed by atoms with Crippen LogP contribution in [0, 0.1) is 6.92 Å². The van der Waals surface area contributed by atoms with Crippen molar-refractivity contribution in [1.82, 2.24) is 9.80 Å². The number of amides is 1. The maximum Gasteiger partial charge on any atom is 0.573 e. The number of carbonyl (C=O) groups excluding carboxylic acids is 1. The van der Waals surface area contributed by atoms with Crippen LogP contribution in [-0.2, 0) is 0 Å². The number of carbonyl (C=O) groups is 1. The third-order valence-electron chi connectivity index (χ3n) is 6.35. The van der Waals surface area contributed by atoms with Crippen LogP contribution >= 0.6 is 0 Å². The Kier molecular flexibility index (Phi) is 6.23. The second-order valence-electron chi connectivity index (χ2n) is 8.32. The molecular weight excluding hydrogens is 405 g/mol. The molecule has 0 unspecified atom stereocenters. The third-order valence-corrected chi connectivity index (χ3v) is 6.35. The van der Waals surface area contributed by atoms with Crippen LogP contribution in [0.1, 0.15) is 41.6 Å². The largest absolute Gasteiger partial charge is 0.573 e. The van der Waals surface area contributed by atoms with Crippen molar-refractivity contribution in [1.29, 1.82) is 0 Å². The lowest BCUT2D eigenvalue weighted by Gasteiger charge is -2.37. The van der Waals surface area contributed by atoms with E-state index in [9.17, 15) is 18.0 Å². The highest BCUT2D eigenvalue weighted by molar-refractivity contribution is 5.97. The number of rotatable bonds is 4. The van der Waals surface area contributed by atoms with Gasteiger partial charge in [-0.2, -0.15) is 0 Å². The van der Waals surface area contributed by atoms with Gasteiger partial charge in [0.25, 0.3) is 5.91 Å². The Bertz CT molecular complexity index is 931. The van der Waals surface area contributed by atoms with E-state index in [1.807, 2.05) is 17.9 Å². The summed E-state index contributed by atoms with van der Waals surface area (Å²) in [4.78, 5) is 17.7. The van der Waals surface area contributed by atoms with Gasteiger partial charge in [-0.1, -0.05) is 24.3 Å². The fourth-order valence-corrected chi connectivity index (χ4v) is 4.75. The number of halogens is 3. The van der Waals surface area contributed by atoms with E-state index in [1.165, 1.54) is 31.0 Å². The third kappa shape index (κ3) is 5.03. The van der Waals surface area contributed by atoms with Crippen molar-refractivity contribution in [2.75, 3.05) is 26.2 Å². The number of benzene rings is 2. The molecule has 0 aromatic heterocycles. The van der Waals surface area contributed by atoms with E-state index >= 15 is 0 Å². The lowest BCUT2D eigenvalue weighted by molar-refractivity contribution is -0.274. The summed E-state index contributed by atoms with van der Waals surface area (Å²) in [5.74, 6) is -0.285. The van der Waals surface area contributed by atoms with Crippen LogP contribution in [0.3, 0.4) is 0 Å². The lowest BCUT2D eigenvalue weighted by atomic mass is 9.95. The van der Waals surface area contributed by atoms with Crippen LogP contribution in [0.4, 0.5) is 13.2 Å². The zero-order valence-corrected chi connectivity index (χ0v) is 17.6. The van der Waals surface area contributed by atoms with Gasteiger partial charge in [0, 0.05) is 24.7 Å². The van der Waals surface area contributed by atoms with Gasteiger partial charge in [0.1, 0.15) is 5.75 Å². The molecule has 0 atom stereocenters. The molecule has 7 heteroatoms. The van der Waals surface area contributed by atoms with Crippen LogP contribution in [0.5, 0.6) is 5.75 Å². The van der Waals surface area contributed by atoms with Crippen LogP contribution in [0.25, 0.3) is 11.1 Å². The summed E-state index contributed by atoms with van der Waals surface area (Å²) >= 11 is 0. The molecule has 2 heterocycles. The van der Waals surface area contributed by atoms with Gasteiger partial charge in [0.05, 0.1) is 0 Å². The summed E-state index contributed by atoms with van der Waals surface area (Å²) in [6, 6.07) is 11.8. The molecule has 2 aromatic rings. The molecule has 0 saturated carbocycles. The number of piperidine rings is 1. The van der Waals surface area contributed by atoms with Gasteiger partial charge in [-0.3, -0.25) is 4.79 Å². The van der Waals surface area contributed by atoms with E-state index in [-0.39, 0.29) is 11.7 Å². The van der Waals surface area contributed by atoms with Gasteiger partial charge >= 0.3 is 6.36 Å². The lowest BCUT2D eigenvalue weighted by Crippen LogP contribution is -2.46. The van der Waals surface area contributed by atoms with E-state index in [1.54, 1.807) is 18.2 Å². The van der Waals surface area contributed by atoms with Gasteiger partial charge in [0.2, 0.25) is 0 Å². The van der Waals surface area contributed by atoms with E-state index in [0.29, 0.717) is 17.2 Å². The number of alkyl halides is 3. The van der Waals surface area contributed by atoms with Crippen LogP contribution in [-0.4, -0.2) is 54.3 Å². The number of likely N-dealkylation sites (tertiary alicyclic amines) is 2. The number of ether oxygens (including phenoxy) is 1. The molecule has 4 nitrogen and oxygen atoms in total. The molecule has 4 rings (SSSR count). The van der Waals surface area contributed by atoms with Crippen LogP contribution in [0.15, 0.2) is 42.5 Å². The average Bonchev–Trinajstić information content (AvgIpc) is 3.27. The Morgan fingerprint density at radius 3 is 2.35 bits per heavy atom. The van der Waals surface area contributed by atoms with E-state index in [0.717, 1.165) is 50.1 Å². The molecule has 2 aromatic carbocycles. The predicted octanol–water partition coefficient (Wildman–Crippen LogP) is 5.26. The topological polar surface area (TPSA) is 32.8 Å². The number of hydrogen-bond donors (Lipinski definition) is 0. The fraction of sp³-hybridized carbons (Fsp3) is 0.458. The van der Waals surface area contributed by atoms with E-state index in [2.05, 4.69) is 9.64 Å². The first-order valence-corrected chi connectivity index (χ1v) is 10.8. The number of nitrogens with zero attached hydrogens (tertiary/aromatic N) is 2. The fourth-order valence-electron chi connectivity index (χ4n) is 4.75. The van der Waals surface area contributed by atoms with Crippen LogP contribution in [0.2, 0.25) is 0 Å². The summed E-state index contributed by atoms with van der Waals surface area (Å²) < 4.78 is 41.8. The Hall–Kier alpha value is -2.54. The summed E-state index contributed by atoms with van der Waals surface area (Å²) in [6.45, 7) is 5.64. The van der Waals surface area contributed by atoms with Crippen molar-refractivity contribution in [3.8, 4) is 16.9 Å². The maximum atomic E-state index is 13.2. The Morgan fingerprint density at radius 2 is 1.68 bits per heavy atom. The molecule has 31 heavy (non-hydrogen) atoms. The SMILES string of the molecule is Cc1c(C(=O)N2CCC(N3CCCC3)CC2)cccc1-c1cccc(OC(F)(F)F)c1. The molecule has 0 spiro atoms. The smallest absolute Gasteiger partial charge is 0.406 e. The van der Waals surface area contributed by atoms with Crippen molar-refractivity contribution in [2.24, 2.45) is 0 Å². The van der Waals surface area contributed by atoms with Gasteiger partial charge in [-0.05, 0) is 80.6 Å². The summed E-state index contributed by atoms with van der Waals surface area (Å²) in [5.41, 5.74) is 2.67. The summed E-state index contributed by atoms with van der Waals surface area (Å²) in [5, 5.41) is 0. The molecule has 2 aliphatic rings. The molecule has 0 bridgehead atoms. The predicted molar refractivity (Wildman–Crippen MR) is 113 cm³/mol. The van der Waals surface area contributed by atoms with Gasteiger partial charge in [0.15, 0.2) is 0 Å². The second kappa shape index (κ2) is 8.91. The van der Waals surface area contributed by atoms with Crippen molar-refractivity contribution in [3.63, 3.8) is 0 Å². The molecule has 2 fully saturated rings. The molecular formula is C24H27F3N2O2. The normalized spacial score (nSPS) is 18.4. The summed E-state index contributed by atoms with van der Waals surface area (Å²) in [7, 11) is 0. The van der Waals surface area contributed by atoms with Crippen LogP contribution < -0.4 is 4.74 Å². The average molecular weight is 432 g/mol. The Morgan fingerprint density at radius 1 is 1.00 bits per heavy atom. The molecule has 2 aliphatic heterocycles. The maximum absolute atomic E-state index is 13.2. The van der Waals surface area contributed by atoms with Gasteiger partial charge in [-0.15, -0.1) is 13.2 Å². The monoisotopic (exact) mass is 432 g/mol. The van der Waals surface area contributed by atoms with Crippen molar-refractivity contribution < 1.29 is 22.7 Å². The number of hydrogen-bond acceptors (Lipinski definition) is 3. The molecule has 0 radical (unpaired) electrons. The van der Waals surface area contributed by atoms with Crippen molar-refractivity contribution >= 4 is 5.91 Å². The minimum absolute atomic E-state index is 0.0121. The highest BCUT2D eigenvalue weighted by Crippen LogP contribution is 2.31. The Labute approximate surface area is 180 Å². The van der Waals surface area contributed by atoms with Gasteiger partial charge < -0.3 is 14.5 Å². The highest BCUT2D eigenvalue weighted by Gasteiger charge is 2.31. The highest BCUT2D eigenvalue weighted by atomic mass is 19.4. The second-order valence-corrected chi connectivity index (χ2v) is 8.32. The zero-order chi connectivity index (χ0) is 22.0. The van der Waals surface area contributed by atoms with Crippen molar-refractivity contribution in [3.05, 3.63) is 53.6 Å². The first kappa shape index (κ1) is 21.7. The summed E-state index contributed by atoms with van der Waals surface area (Å²) in [6.07, 6.45) is -0.240. The quantitative estimate of drug-likeness (QED) is 0.661. The molecule has 0 N–H and O–H groups in total.